The fraction of sp³-hybridized carbons (Fsp3) is 0.833. The van der Waals surface area contributed by atoms with Crippen LogP contribution in [0.3, 0.4) is 0 Å². The number of hydrogen-bond acceptors (Lipinski definition) is 5. The van der Waals surface area contributed by atoms with Crippen LogP contribution in [-0.2, 0) is 17.7 Å². The quantitative estimate of drug-likeness (QED) is 0.906. The highest BCUT2D eigenvalue weighted by molar-refractivity contribution is 5.69. The third kappa shape index (κ3) is 4.32. The van der Waals surface area contributed by atoms with Crippen molar-refractivity contribution in [3.05, 3.63) is 11.6 Å². The molecule has 0 radical (unpaired) electrons. The van der Waals surface area contributed by atoms with E-state index in [2.05, 4.69) is 22.3 Å². The molecule has 0 saturated carbocycles. The fourth-order valence-electron chi connectivity index (χ4n) is 3.91. The van der Waals surface area contributed by atoms with E-state index in [1.165, 1.54) is 0 Å². The summed E-state index contributed by atoms with van der Waals surface area (Å²) in [5.41, 5.74) is -0.453. The Morgan fingerprint density at radius 3 is 2.84 bits per heavy atom. The second-order valence-corrected chi connectivity index (χ2v) is 8.33. The number of nitrogens with zero attached hydrogens (tertiary/aromatic N) is 4. The van der Waals surface area contributed by atoms with Gasteiger partial charge in [0.15, 0.2) is 0 Å². The Morgan fingerprint density at radius 1 is 1.36 bits per heavy atom. The van der Waals surface area contributed by atoms with Crippen molar-refractivity contribution in [2.24, 2.45) is 0 Å². The summed E-state index contributed by atoms with van der Waals surface area (Å²) in [6.45, 7) is 11.5. The van der Waals surface area contributed by atoms with Crippen LogP contribution < -0.4 is 5.32 Å². The van der Waals surface area contributed by atoms with Gasteiger partial charge in [0.1, 0.15) is 17.2 Å². The predicted octanol–water partition coefficient (Wildman–Crippen LogP) is 2.28. The Morgan fingerprint density at radius 2 is 2.12 bits per heavy atom. The smallest absolute Gasteiger partial charge is 0.410 e. The standard InChI is InChI=1S/C18H31N5O2/c1-12(15-7-6-10-22(15)17(24)25-18(3,4)5)19-14-8-9-16-20-13(2)21-23(16)11-14/h12,14-15,19H,6-11H2,1-5H3/t12-,14-,15+/m1/s1. The molecule has 3 rings (SSSR count). The minimum absolute atomic E-state index is 0.189. The number of nitrogens with one attached hydrogen (secondary N) is 1. The van der Waals surface area contributed by atoms with Crippen LogP contribution in [0.1, 0.15) is 58.6 Å². The van der Waals surface area contributed by atoms with Crippen molar-refractivity contribution in [2.45, 2.75) is 90.6 Å². The maximum absolute atomic E-state index is 12.5. The minimum atomic E-state index is -0.453. The SMILES string of the molecule is Cc1nc2n(n1)C[C@H](N[C@H](C)[C@@H]1CCCN1C(=O)OC(C)(C)C)CC2. The van der Waals surface area contributed by atoms with Crippen molar-refractivity contribution < 1.29 is 9.53 Å². The predicted molar refractivity (Wildman–Crippen MR) is 95.4 cm³/mol. The lowest BCUT2D eigenvalue weighted by Gasteiger charge is -2.35. The largest absolute Gasteiger partial charge is 0.444 e. The molecule has 1 saturated heterocycles. The van der Waals surface area contributed by atoms with E-state index in [1.807, 2.05) is 37.3 Å². The third-order valence-corrected chi connectivity index (χ3v) is 4.97. The number of carbonyl (C=O) groups is 1. The summed E-state index contributed by atoms with van der Waals surface area (Å²) in [7, 11) is 0. The number of ether oxygens (including phenoxy) is 1. The van der Waals surface area contributed by atoms with Crippen molar-refractivity contribution in [1.82, 2.24) is 25.0 Å². The molecule has 2 aliphatic rings. The molecule has 1 fully saturated rings. The zero-order valence-corrected chi connectivity index (χ0v) is 16.1. The van der Waals surface area contributed by atoms with E-state index in [-0.39, 0.29) is 18.2 Å². The van der Waals surface area contributed by atoms with Crippen LogP contribution >= 0.6 is 0 Å². The maximum atomic E-state index is 12.5. The Bertz CT molecular complexity index is 621. The number of fused-ring (bicyclic) bond motifs is 1. The highest BCUT2D eigenvalue weighted by Crippen LogP contribution is 2.24. The Balaban J connectivity index is 1.59. The van der Waals surface area contributed by atoms with Crippen molar-refractivity contribution in [3.63, 3.8) is 0 Å². The lowest BCUT2D eigenvalue weighted by Crippen LogP contribution is -2.53. The van der Waals surface area contributed by atoms with E-state index >= 15 is 0 Å². The molecule has 1 aromatic heterocycles. The Kier molecular flexibility index (Phi) is 5.04. The highest BCUT2D eigenvalue weighted by Gasteiger charge is 2.36. The van der Waals surface area contributed by atoms with E-state index < -0.39 is 5.60 Å². The van der Waals surface area contributed by atoms with Gasteiger partial charge >= 0.3 is 6.09 Å². The van der Waals surface area contributed by atoms with Crippen LogP contribution in [0.15, 0.2) is 0 Å². The number of likely N-dealkylation sites (tertiary alicyclic amines) is 1. The average Bonchev–Trinajstić information content (AvgIpc) is 3.10. The zero-order valence-electron chi connectivity index (χ0n) is 16.1. The van der Waals surface area contributed by atoms with Gasteiger partial charge in [-0.25, -0.2) is 14.5 Å². The first kappa shape index (κ1) is 18.2. The molecule has 0 unspecified atom stereocenters. The number of aromatic nitrogens is 3. The molecule has 0 bridgehead atoms. The third-order valence-electron chi connectivity index (χ3n) is 4.97. The summed E-state index contributed by atoms with van der Waals surface area (Å²) in [4.78, 5) is 18.9. The average molecular weight is 349 g/mol. The molecule has 3 heterocycles. The van der Waals surface area contributed by atoms with Gasteiger partial charge in [-0.2, -0.15) is 5.10 Å². The number of rotatable bonds is 3. The first-order valence-corrected chi connectivity index (χ1v) is 9.39. The summed E-state index contributed by atoms with van der Waals surface area (Å²) in [5, 5.41) is 8.19. The summed E-state index contributed by atoms with van der Waals surface area (Å²) in [6.07, 6.45) is 3.87. The number of hydrogen-bond donors (Lipinski definition) is 1. The van der Waals surface area contributed by atoms with Crippen LogP contribution in [0.2, 0.25) is 0 Å². The number of carbonyl (C=O) groups excluding carboxylic acids is 1. The van der Waals surface area contributed by atoms with Gasteiger partial charge in [0.25, 0.3) is 0 Å². The summed E-state index contributed by atoms with van der Waals surface area (Å²) < 4.78 is 7.60. The maximum Gasteiger partial charge on any atom is 0.410 e. The molecule has 1 N–H and O–H groups in total. The monoisotopic (exact) mass is 349 g/mol. The number of aryl methyl sites for hydroxylation is 2. The molecule has 25 heavy (non-hydrogen) atoms. The normalized spacial score (nSPS) is 24.9. The van der Waals surface area contributed by atoms with Crippen molar-refractivity contribution in [2.75, 3.05) is 6.54 Å². The van der Waals surface area contributed by atoms with Crippen molar-refractivity contribution in [3.8, 4) is 0 Å². The van der Waals surface area contributed by atoms with Gasteiger partial charge in [-0.1, -0.05) is 0 Å². The van der Waals surface area contributed by atoms with Crippen LogP contribution in [0.4, 0.5) is 4.79 Å². The van der Waals surface area contributed by atoms with Crippen LogP contribution in [0.25, 0.3) is 0 Å². The van der Waals surface area contributed by atoms with E-state index in [9.17, 15) is 4.79 Å². The molecular formula is C18H31N5O2. The van der Waals surface area contributed by atoms with Crippen molar-refractivity contribution >= 4 is 6.09 Å². The van der Waals surface area contributed by atoms with Crippen LogP contribution in [0, 0.1) is 6.92 Å². The molecule has 7 heteroatoms. The zero-order chi connectivity index (χ0) is 18.2. The van der Waals surface area contributed by atoms with Gasteiger partial charge in [-0.05, 0) is 53.9 Å². The van der Waals surface area contributed by atoms with E-state index in [1.54, 1.807) is 0 Å². The molecule has 140 valence electrons. The second-order valence-electron chi connectivity index (χ2n) is 8.33. The topological polar surface area (TPSA) is 72.3 Å². The van der Waals surface area contributed by atoms with Gasteiger partial charge in [0.05, 0.1) is 12.6 Å². The summed E-state index contributed by atoms with van der Waals surface area (Å²) >= 11 is 0. The van der Waals surface area contributed by atoms with Gasteiger partial charge in [0.2, 0.25) is 0 Å². The Hall–Kier alpha value is -1.63. The molecule has 0 spiro atoms. The van der Waals surface area contributed by atoms with E-state index in [0.717, 1.165) is 50.4 Å². The Labute approximate surface area is 150 Å². The van der Waals surface area contributed by atoms with E-state index in [4.69, 9.17) is 4.74 Å². The molecular weight excluding hydrogens is 318 g/mol. The molecule has 2 aliphatic heterocycles. The van der Waals surface area contributed by atoms with Crippen LogP contribution in [0.5, 0.6) is 0 Å². The number of amides is 1. The van der Waals surface area contributed by atoms with Crippen molar-refractivity contribution in [1.29, 1.82) is 0 Å². The van der Waals surface area contributed by atoms with Crippen LogP contribution in [-0.4, -0.2) is 56.0 Å². The molecule has 3 atom stereocenters. The second kappa shape index (κ2) is 6.94. The van der Waals surface area contributed by atoms with E-state index in [0.29, 0.717) is 6.04 Å². The minimum Gasteiger partial charge on any atom is -0.444 e. The highest BCUT2D eigenvalue weighted by atomic mass is 16.6. The fourth-order valence-corrected chi connectivity index (χ4v) is 3.91. The molecule has 7 nitrogen and oxygen atoms in total. The lowest BCUT2D eigenvalue weighted by molar-refractivity contribution is 0.0195. The van der Waals surface area contributed by atoms with Gasteiger partial charge < -0.3 is 15.0 Å². The summed E-state index contributed by atoms with van der Waals surface area (Å²) in [6, 6.07) is 0.782. The molecule has 0 aliphatic carbocycles. The molecule has 0 aromatic carbocycles. The molecule has 1 amide bonds. The van der Waals surface area contributed by atoms with Gasteiger partial charge in [-0.15, -0.1) is 0 Å². The summed E-state index contributed by atoms with van der Waals surface area (Å²) in [5.74, 6) is 1.93. The van der Waals surface area contributed by atoms with Gasteiger partial charge in [-0.3, -0.25) is 0 Å². The molecule has 1 aromatic rings. The van der Waals surface area contributed by atoms with Gasteiger partial charge in [0, 0.05) is 25.0 Å². The first-order chi connectivity index (χ1) is 11.7. The lowest BCUT2D eigenvalue weighted by atomic mass is 10.0. The first-order valence-electron chi connectivity index (χ1n) is 9.39.